The summed E-state index contributed by atoms with van der Waals surface area (Å²) < 4.78 is 2.62. The van der Waals surface area contributed by atoms with Gasteiger partial charge in [0.2, 0.25) is 0 Å². The van der Waals surface area contributed by atoms with Crippen molar-refractivity contribution in [2.75, 3.05) is 4.90 Å². The van der Waals surface area contributed by atoms with Gasteiger partial charge in [0.1, 0.15) is 0 Å². The van der Waals surface area contributed by atoms with Gasteiger partial charge in [0.05, 0.1) is 0 Å². The lowest BCUT2D eigenvalue weighted by Gasteiger charge is -2.29. The Balaban J connectivity index is 1.16. The standard InChI is InChI=1S/C44H31NS/c1-44(40-22-8-5-19-36(40)37-20-6-9-23-41(37)44)32-15-11-13-30(27-32)31-14-12-18-34(28-31)45(33-16-3-2-4-17-33)35-25-26-39-38-21-7-10-24-42(38)46-43(39)29-35/h2-29H,1H3. The Labute approximate surface area is 273 Å². The Kier molecular flexibility index (Phi) is 6.19. The van der Waals surface area contributed by atoms with Gasteiger partial charge in [0.15, 0.2) is 0 Å². The van der Waals surface area contributed by atoms with E-state index in [-0.39, 0.29) is 5.41 Å². The van der Waals surface area contributed by atoms with E-state index in [0.29, 0.717) is 0 Å². The minimum atomic E-state index is -0.226. The van der Waals surface area contributed by atoms with Crippen molar-refractivity contribution in [2.45, 2.75) is 12.3 Å². The molecule has 0 N–H and O–H groups in total. The molecule has 7 aromatic carbocycles. The van der Waals surface area contributed by atoms with Gasteiger partial charge in [-0.15, -0.1) is 11.3 Å². The predicted octanol–water partition coefficient (Wildman–Crippen LogP) is 12.5. The van der Waals surface area contributed by atoms with Crippen LogP contribution in [-0.2, 0) is 5.41 Å². The second-order valence-corrected chi connectivity index (χ2v) is 13.4. The lowest BCUT2D eigenvalue weighted by Crippen LogP contribution is -2.22. The summed E-state index contributed by atoms with van der Waals surface area (Å²) in [5, 5.41) is 2.63. The van der Waals surface area contributed by atoms with Crippen LogP contribution >= 0.6 is 11.3 Å². The average molecular weight is 606 g/mol. The summed E-state index contributed by atoms with van der Waals surface area (Å²) in [6.45, 7) is 2.38. The van der Waals surface area contributed by atoms with Crippen molar-refractivity contribution in [3.63, 3.8) is 0 Å². The van der Waals surface area contributed by atoms with E-state index < -0.39 is 0 Å². The third-order valence-corrected chi connectivity index (χ3v) is 10.9. The Bertz CT molecular complexity index is 2350. The molecule has 1 aliphatic rings. The molecular formula is C44H31NS. The third kappa shape index (κ3) is 4.14. The van der Waals surface area contributed by atoms with Crippen LogP contribution in [-0.4, -0.2) is 0 Å². The average Bonchev–Trinajstić information content (AvgIpc) is 3.62. The lowest BCUT2D eigenvalue weighted by molar-refractivity contribution is 0.714. The first kappa shape index (κ1) is 26.9. The van der Waals surface area contributed by atoms with Gasteiger partial charge in [0, 0.05) is 42.6 Å². The van der Waals surface area contributed by atoms with Gasteiger partial charge >= 0.3 is 0 Å². The second kappa shape index (κ2) is 10.6. The first-order valence-corrected chi connectivity index (χ1v) is 16.7. The number of para-hydroxylation sites is 1. The molecule has 9 rings (SSSR count). The molecule has 0 unspecified atom stereocenters. The Hall–Kier alpha value is -5.44. The molecule has 1 aliphatic carbocycles. The van der Waals surface area contributed by atoms with E-state index in [9.17, 15) is 0 Å². The lowest BCUT2D eigenvalue weighted by atomic mass is 9.74. The summed E-state index contributed by atoms with van der Waals surface area (Å²) in [5.74, 6) is 0. The van der Waals surface area contributed by atoms with Gasteiger partial charge < -0.3 is 4.90 Å². The molecule has 1 heterocycles. The fourth-order valence-electron chi connectivity index (χ4n) is 7.48. The summed E-state index contributed by atoms with van der Waals surface area (Å²) in [7, 11) is 0. The van der Waals surface area contributed by atoms with Crippen molar-refractivity contribution >= 4 is 48.6 Å². The fraction of sp³-hybridized carbons (Fsp3) is 0.0455. The molecule has 0 fully saturated rings. The van der Waals surface area contributed by atoms with E-state index in [2.05, 4.69) is 182 Å². The fourth-order valence-corrected chi connectivity index (χ4v) is 8.62. The van der Waals surface area contributed by atoms with Gasteiger partial charge in [-0.1, -0.05) is 121 Å². The van der Waals surface area contributed by atoms with E-state index >= 15 is 0 Å². The summed E-state index contributed by atoms with van der Waals surface area (Å²) in [4.78, 5) is 2.38. The van der Waals surface area contributed by atoms with Crippen LogP contribution in [0.15, 0.2) is 170 Å². The van der Waals surface area contributed by atoms with Crippen molar-refractivity contribution < 1.29 is 0 Å². The van der Waals surface area contributed by atoms with Crippen molar-refractivity contribution in [3.8, 4) is 22.3 Å². The molecule has 0 bridgehead atoms. The predicted molar refractivity (Wildman–Crippen MR) is 197 cm³/mol. The molecule has 0 aliphatic heterocycles. The summed E-state index contributed by atoms with van der Waals surface area (Å²) >= 11 is 1.86. The maximum Gasteiger partial charge on any atom is 0.0476 e. The molecule has 0 spiro atoms. The molecule has 218 valence electrons. The number of hydrogen-bond donors (Lipinski definition) is 0. The maximum absolute atomic E-state index is 2.40. The second-order valence-electron chi connectivity index (χ2n) is 12.3. The van der Waals surface area contributed by atoms with Crippen molar-refractivity contribution in [1.29, 1.82) is 0 Å². The summed E-state index contributed by atoms with van der Waals surface area (Å²) in [6.07, 6.45) is 0. The Morgan fingerprint density at radius 2 is 1.02 bits per heavy atom. The highest BCUT2D eigenvalue weighted by molar-refractivity contribution is 7.25. The molecule has 0 radical (unpaired) electrons. The largest absolute Gasteiger partial charge is 0.310 e. The zero-order chi connectivity index (χ0) is 30.7. The van der Waals surface area contributed by atoms with Crippen LogP contribution in [0.25, 0.3) is 42.4 Å². The highest BCUT2D eigenvalue weighted by Gasteiger charge is 2.40. The molecule has 1 aromatic heterocycles. The van der Waals surface area contributed by atoms with Crippen LogP contribution in [0.2, 0.25) is 0 Å². The SMILES string of the molecule is CC1(c2cccc(-c3cccc(N(c4ccccc4)c4ccc5c(c4)sc4ccccc45)c3)c2)c2ccccc2-c2ccccc21. The van der Waals surface area contributed by atoms with E-state index in [1.807, 2.05) is 11.3 Å². The topological polar surface area (TPSA) is 3.24 Å². The van der Waals surface area contributed by atoms with Crippen molar-refractivity contribution in [3.05, 3.63) is 187 Å². The first-order valence-electron chi connectivity index (χ1n) is 15.9. The highest BCUT2D eigenvalue weighted by Crippen LogP contribution is 2.52. The number of benzene rings is 7. The van der Waals surface area contributed by atoms with Crippen LogP contribution in [0.5, 0.6) is 0 Å². The smallest absolute Gasteiger partial charge is 0.0476 e. The van der Waals surface area contributed by atoms with Gasteiger partial charge in [-0.2, -0.15) is 0 Å². The van der Waals surface area contributed by atoms with E-state index in [0.717, 1.165) is 17.1 Å². The molecule has 0 saturated carbocycles. The van der Waals surface area contributed by atoms with Gasteiger partial charge in [-0.3, -0.25) is 0 Å². The summed E-state index contributed by atoms with van der Waals surface area (Å²) in [6, 6.07) is 62.2. The van der Waals surface area contributed by atoms with Gasteiger partial charge in [0.25, 0.3) is 0 Å². The van der Waals surface area contributed by atoms with Crippen molar-refractivity contribution in [1.82, 2.24) is 0 Å². The molecule has 46 heavy (non-hydrogen) atoms. The number of anilines is 3. The first-order chi connectivity index (χ1) is 22.7. The molecule has 0 amide bonds. The van der Waals surface area contributed by atoms with E-state index in [1.54, 1.807) is 0 Å². The molecular weight excluding hydrogens is 575 g/mol. The monoisotopic (exact) mass is 605 g/mol. The third-order valence-electron chi connectivity index (χ3n) is 9.73. The van der Waals surface area contributed by atoms with Crippen LogP contribution in [0.4, 0.5) is 17.1 Å². The Morgan fingerprint density at radius 1 is 0.435 bits per heavy atom. The number of fused-ring (bicyclic) bond motifs is 6. The van der Waals surface area contributed by atoms with E-state index in [1.165, 1.54) is 59.1 Å². The molecule has 0 saturated heterocycles. The van der Waals surface area contributed by atoms with Gasteiger partial charge in [-0.05, 0) is 94.4 Å². The van der Waals surface area contributed by atoms with Crippen LogP contribution in [0.1, 0.15) is 23.6 Å². The van der Waals surface area contributed by atoms with Gasteiger partial charge in [-0.25, -0.2) is 0 Å². The zero-order valence-corrected chi connectivity index (χ0v) is 26.3. The number of nitrogens with zero attached hydrogens (tertiary/aromatic N) is 1. The van der Waals surface area contributed by atoms with E-state index in [4.69, 9.17) is 0 Å². The maximum atomic E-state index is 2.40. The highest BCUT2D eigenvalue weighted by atomic mass is 32.1. The molecule has 0 atom stereocenters. The molecule has 1 nitrogen and oxygen atoms in total. The van der Waals surface area contributed by atoms with Crippen LogP contribution < -0.4 is 4.90 Å². The quantitative estimate of drug-likeness (QED) is 0.189. The summed E-state index contributed by atoms with van der Waals surface area (Å²) in [5.41, 5.74) is 12.3. The Morgan fingerprint density at radius 3 is 1.80 bits per heavy atom. The zero-order valence-electron chi connectivity index (χ0n) is 25.5. The van der Waals surface area contributed by atoms with Crippen LogP contribution in [0.3, 0.4) is 0 Å². The van der Waals surface area contributed by atoms with Crippen LogP contribution in [0, 0.1) is 0 Å². The normalized spacial score (nSPS) is 13.1. The number of rotatable bonds is 5. The van der Waals surface area contributed by atoms with Crippen molar-refractivity contribution in [2.24, 2.45) is 0 Å². The number of thiophene rings is 1. The molecule has 8 aromatic rings. The minimum Gasteiger partial charge on any atom is -0.310 e. The molecule has 2 heteroatoms. The minimum absolute atomic E-state index is 0.226. The number of hydrogen-bond acceptors (Lipinski definition) is 2.